The second kappa shape index (κ2) is 15.8. The zero-order valence-electron chi connectivity index (χ0n) is 16.7. The molecule has 3 heterocycles. The van der Waals surface area contributed by atoms with Crippen molar-refractivity contribution in [1.29, 1.82) is 0 Å². The fourth-order valence-corrected chi connectivity index (χ4v) is 3.70. The van der Waals surface area contributed by atoms with Gasteiger partial charge in [-0.1, -0.05) is 0 Å². The van der Waals surface area contributed by atoms with Gasteiger partial charge in [-0.2, -0.15) is 0 Å². The van der Waals surface area contributed by atoms with Crippen molar-refractivity contribution in [3.05, 3.63) is 65.7 Å². The summed E-state index contributed by atoms with van der Waals surface area (Å²) in [6.07, 6.45) is 0. The van der Waals surface area contributed by atoms with Gasteiger partial charge < -0.3 is 59.4 Å². The molecule has 35 heavy (non-hydrogen) atoms. The Morgan fingerprint density at radius 1 is 0.371 bits per heavy atom. The fourth-order valence-electron chi connectivity index (χ4n) is 1.67. The average Bonchev–Trinajstić information content (AvgIpc) is 3.49. The van der Waals surface area contributed by atoms with E-state index in [1.807, 2.05) is 0 Å². The Bertz CT molecular complexity index is 977. The maximum atomic E-state index is 10.1. The van der Waals surface area contributed by atoms with Crippen LogP contribution in [-0.4, -0.2) is 70.5 Å². The summed E-state index contributed by atoms with van der Waals surface area (Å²) >= 11 is 1.87. The van der Waals surface area contributed by atoms with Gasteiger partial charge in [0.25, 0.3) is 0 Å². The van der Waals surface area contributed by atoms with E-state index in [0.717, 1.165) is 0 Å². The van der Waals surface area contributed by atoms with Crippen molar-refractivity contribution in [1.82, 2.24) is 0 Å². The molecule has 0 spiro atoms. The molecule has 0 aliphatic carbocycles. The Morgan fingerprint density at radius 3 is 0.543 bits per heavy atom. The Labute approximate surface area is 228 Å². The quantitative estimate of drug-likeness (QED) is 0.255. The number of aromatic carboxylic acids is 6. The number of rotatable bonds is 6. The molecule has 0 unspecified atom stereocenters. The number of hydrogen-bond acceptors (Lipinski definition) is 15. The minimum atomic E-state index is -1.37. The van der Waals surface area contributed by atoms with Crippen LogP contribution in [0.15, 0.2) is 36.4 Å². The number of carbonyl (C=O) groups excluding carboxylic acids is 6. The van der Waals surface area contributed by atoms with Crippen LogP contribution in [0.3, 0.4) is 0 Å². The van der Waals surface area contributed by atoms with E-state index in [-0.39, 0.29) is 64.0 Å². The first-order valence-electron chi connectivity index (χ1n) is 7.91. The van der Waals surface area contributed by atoms with Crippen molar-refractivity contribution >= 4 is 105 Å². The van der Waals surface area contributed by atoms with Gasteiger partial charge in [0, 0.05) is 0 Å². The largest absolute Gasteiger partial charge is 3.00 e. The van der Waals surface area contributed by atoms with Gasteiger partial charge in [0.15, 0.2) is 0 Å². The zero-order valence-corrected chi connectivity index (χ0v) is 21.5. The third kappa shape index (κ3) is 11.3. The van der Waals surface area contributed by atoms with Gasteiger partial charge >= 0.3 is 34.7 Å². The van der Waals surface area contributed by atoms with Crippen LogP contribution in [0.1, 0.15) is 58.0 Å². The fraction of sp³-hybridized carbons (Fsp3) is 0. The summed E-state index contributed by atoms with van der Waals surface area (Å²) < 4.78 is 0. The Hall–Kier alpha value is -3.02. The van der Waals surface area contributed by atoms with Gasteiger partial charge in [-0.25, -0.2) is 0 Å². The molecule has 174 valence electrons. The van der Waals surface area contributed by atoms with E-state index in [0.29, 0.717) is 34.0 Å². The second-order valence-electron chi connectivity index (χ2n) is 5.22. The van der Waals surface area contributed by atoms with E-state index in [1.165, 1.54) is 36.4 Å². The van der Waals surface area contributed by atoms with E-state index in [2.05, 4.69) is 0 Å². The van der Waals surface area contributed by atoms with E-state index in [1.54, 1.807) is 0 Å². The van der Waals surface area contributed by atoms with Crippen LogP contribution in [0.25, 0.3) is 0 Å². The van der Waals surface area contributed by atoms with E-state index >= 15 is 0 Å². The molecule has 0 saturated carbocycles. The molecule has 0 atom stereocenters. The van der Waals surface area contributed by atoms with Crippen LogP contribution in [0.4, 0.5) is 0 Å². The molecule has 0 saturated heterocycles. The molecule has 0 radical (unpaired) electrons. The Kier molecular flexibility index (Phi) is 15.4. The maximum Gasteiger partial charge on any atom is 3.00 e. The van der Waals surface area contributed by atoms with Crippen LogP contribution in [-0.2, 0) is 0 Å². The first-order valence-corrected chi connectivity index (χ1v) is 10.4. The summed E-state index contributed by atoms with van der Waals surface area (Å²) in [6, 6.07) is 7.03. The van der Waals surface area contributed by atoms with Crippen molar-refractivity contribution in [2.45, 2.75) is 0 Å². The van der Waals surface area contributed by atoms with E-state index in [4.69, 9.17) is 0 Å². The summed E-state index contributed by atoms with van der Waals surface area (Å²) in [5.74, 6) is -8.24. The topological polar surface area (TPSA) is 241 Å². The monoisotopic (exact) mass is 564 g/mol. The number of carbonyl (C=O) groups is 6. The van der Waals surface area contributed by atoms with Crippen molar-refractivity contribution in [2.24, 2.45) is 0 Å². The molecule has 3 aromatic rings. The van der Waals surface area contributed by atoms with Gasteiger partial charge in [0.05, 0.1) is 65.1 Å². The molecule has 3 rings (SSSR count). The summed E-state index contributed by atoms with van der Waals surface area (Å²) in [5, 5.41) is 60.7. The molecular formula is C18H6Al2O12S3. The molecular weight excluding hydrogens is 558 g/mol. The maximum absolute atomic E-state index is 10.1. The molecule has 0 N–H and O–H groups in total. The van der Waals surface area contributed by atoms with Crippen LogP contribution in [0.5, 0.6) is 0 Å². The molecule has 0 amide bonds. The average molecular weight is 564 g/mol. The van der Waals surface area contributed by atoms with Crippen LogP contribution >= 0.6 is 34.0 Å². The van der Waals surface area contributed by atoms with Gasteiger partial charge in [0.1, 0.15) is 0 Å². The molecule has 12 nitrogen and oxygen atoms in total. The molecule has 0 fully saturated rings. The molecule has 17 heteroatoms. The molecule has 3 aromatic heterocycles. The van der Waals surface area contributed by atoms with Crippen LogP contribution in [0, 0.1) is 0 Å². The zero-order chi connectivity index (χ0) is 25.3. The van der Waals surface area contributed by atoms with E-state index < -0.39 is 35.8 Å². The standard InChI is InChI=1S/3C6H4O4S.2Al/c3*7-5(8)3-1-2-4(11-3)6(9)10;;/h3*1-2H,(H,7,8)(H,9,10);;/q;;;2*+3/p-6. The number of carboxylic acids is 6. The minimum absolute atomic E-state index is 0. The smallest absolute Gasteiger partial charge is 0.544 e. The second-order valence-corrected chi connectivity index (χ2v) is 8.47. The minimum Gasteiger partial charge on any atom is -0.544 e. The van der Waals surface area contributed by atoms with Gasteiger partial charge in [-0.3, -0.25) is 0 Å². The van der Waals surface area contributed by atoms with Crippen molar-refractivity contribution in [2.75, 3.05) is 0 Å². The van der Waals surface area contributed by atoms with Gasteiger partial charge in [-0.05, 0) is 36.4 Å². The Balaban J connectivity index is 0. The van der Waals surface area contributed by atoms with E-state index in [9.17, 15) is 59.4 Å². The number of hydrogen-bond donors (Lipinski definition) is 0. The summed E-state index contributed by atoms with van der Waals surface area (Å²) in [4.78, 5) is 60.1. The van der Waals surface area contributed by atoms with Crippen LogP contribution < -0.4 is 30.6 Å². The van der Waals surface area contributed by atoms with Crippen molar-refractivity contribution in [3.8, 4) is 0 Å². The first kappa shape index (κ1) is 34.2. The number of thiophene rings is 3. The van der Waals surface area contributed by atoms with Crippen LogP contribution in [0.2, 0.25) is 0 Å². The summed E-state index contributed by atoms with van der Waals surface area (Å²) in [6.45, 7) is 0. The van der Waals surface area contributed by atoms with Crippen molar-refractivity contribution in [3.63, 3.8) is 0 Å². The molecule has 0 aliphatic heterocycles. The normalized spacial score (nSPS) is 8.91. The summed E-state index contributed by atoms with van der Waals surface area (Å²) in [5.41, 5.74) is 0. The molecule has 0 bridgehead atoms. The first-order chi connectivity index (χ1) is 15.3. The third-order valence-electron chi connectivity index (χ3n) is 3.03. The van der Waals surface area contributed by atoms with Crippen molar-refractivity contribution < 1.29 is 59.4 Å². The molecule has 0 aliphatic rings. The number of carboxylic acid groups (broad SMARTS) is 6. The summed E-state index contributed by atoms with van der Waals surface area (Å²) in [7, 11) is 0. The van der Waals surface area contributed by atoms with Gasteiger partial charge in [-0.15, -0.1) is 34.0 Å². The Morgan fingerprint density at radius 2 is 0.486 bits per heavy atom. The predicted octanol–water partition coefficient (Wildman–Crippen LogP) is -5.34. The van der Waals surface area contributed by atoms with Gasteiger partial charge in [0.2, 0.25) is 0 Å². The third-order valence-corrected chi connectivity index (χ3v) is 6.16. The predicted molar refractivity (Wildman–Crippen MR) is 110 cm³/mol. The molecule has 0 aromatic carbocycles. The SMILES string of the molecule is O=C([O-])c1ccc(C(=O)[O-])s1.O=C([O-])c1ccc(C(=O)[O-])s1.O=C([O-])c1ccc(C(=O)[O-])s1.[Al+3].[Al+3].